The molecule has 0 aromatic rings. The lowest BCUT2D eigenvalue weighted by Gasteiger charge is -2.40. The van der Waals surface area contributed by atoms with Crippen LogP contribution < -0.4 is 5.32 Å². The van der Waals surface area contributed by atoms with Crippen LogP contribution in [0.15, 0.2) is 85.1 Å². The van der Waals surface area contributed by atoms with E-state index in [0.29, 0.717) is 6.42 Å². The number of hydrogen-bond acceptors (Lipinski definition) is 8. The van der Waals surface area contributed by atoms with Crippen molar-refractivity contribution in [3.8, 4) is 0 Å². The number of aliphatic hydroxyl groups is 5. The number of unbranched alkanes of at least 4 members (excludes halogenated alkanes) is 41. The molecule has 1 rings (SSSR count). The quantitative estimate of drug-likeness (QED) is 0.0261. The zero-order valence-electron chi connectivity index (χ0n) is 55.4. The molecule has 6 N–H and O–H groups in total. The van der Waals surface area contributed by atoms with E-state index in [1.165, 1.54) is 244 Å². The third-order valence-corrected chi connectivity index (χ3v) is 16.9. The maximum absolute atomic E-state index is 13.1. The van der Waals surface area contributed by atoms with Gasteiger partial charge in [-0.1, -0.05) is 330 Å². The molecule has 7 unspecified atom stereocenters. The number of aliphatic hydroxyl groups excluding tert-OH is 5. The Balaban J connectivity index is 2.15. The van der Waals surface area contributed by atoms with Gasteiger partial charge in [0, 0.05) is 6.42 Å². The normalized spacial score (nSPS) is 18.6. The van der Waals surface area contributed by atoms with Gasteiger partial charge in [0.05, 0.1) is 25.4 Å². The largest absolute Gasteiger partial charge is 0.394 e. The van der Waals surface area contributed by atoms with Gasteiger partial charge in [0.25, 0.3) is 0 Å². The highest BCUT2D eigenvalue weighted by Gasteiger charge is 2.44. The zero-order chi connectivity index (χ0) is 61.4. The number of rotatable bonds is 63. The summed E-state index contributed by atoms with van der Waals surface area (Å²) in [5.41, 5.74) is 0. The Morgan fingerprint density at radius 1 is 0.412 bits per heavy atom. The van der Waals surface area contributed by atoms with Crippen LogP contribution in [0.2, 0.25) is 0 Å². The molecule has 0 saturated carbocycles. The number of amides is 1. The second-order valence-corrected chi connectivity index (χ2v) is 25.0. The minimum Gasteiger partial charge on any atom is -0.394 e. The molecule has 0 aliphatic carbocycles. The van der Waals surface area contributed by atoms with Crippen molar-refractivity contribution < 1.29 is 39.8 Å². The van der Waals surface area contributed by atoms with Gasteiger partial charge in [-0.3, -0.25) is 4.79 Å². The Hall–Kier alpha value is -2.63. The first-order valence-electron chi connectivity index (χ1n) is 36.3. The van der Waals surface area contributed by atoms with Gasteiger partial charge in [0.15, 0.2) is 6.29 Å². The molecule has 1 fully saturated rings. The second kappa shape index (κ2) is 64.4. The average Bonchev–Trinajstić information content (AvgIpc) is 3.56. The van der Waals surface area contributed by atoms with E-state index in [1.807, 2.05) is 6.08 Å². The molecule has 9 heteroatoms. The fraction of sp³-hybridized carbons (Fsp3) is 0.803. The number of carbonyl (C=O) groups excluding carboxylic acids is 1. The minimum atomic E-state index is -1.58. The lowest BCUT2D eigenvalue weighted by molar-refractivity contribution is -0.302. The molecule has 0 spiro atoms. The molecule has 1 saturated heterocycles. The Morgan fingerprint density at radius 3 is 1.13 bits per heavy atom. The molecular formula is C76H137NO8. The van der Waals surface area contributed by atoms with Crippen LogP contribution >= 0.6 is 0 Å². The standard InChI is InChI=1S/C76H137NO8/c1-3-5-7-9-11-13-15-17-19-21-23-25-27-29-31-33-34-35-36-38-39-41-43-45-47-49-51-53-55-57-59-61-63-65-70(79)69(68-84-76-75(83)74(82)73(81)71(67-78)85-76)77-72(80)66-64-62-60-58-56-54-52-50-48-46-44-42-40-37-32-30-28-26-24-22-20-18-16-14-12-10-8-6-4-2/h6,8,12,14,18,20,24,26,47,49,55,57,63,65,69-71,73-76,78-79,81-83H,3-5,7,9-11,13,15-17,19,21-23,25,27-46,48,50-54,56,58-62,64,66-68H2,1-2H3,(H,77,80)/b8-6-,14-12-,20-18-,26-24-,49-47+,57-55+,65-63+. The monoisotopic (exact) mass is 1190 g/mol. The Labute approximate surface area is 524 Å². The number of nitrogens with one attached hydrogen (secondary N) is 1. The van der Waals surface area contributed by atoms with Crippen LogP contribution in [0, 0.1) is 0 Å². The van der Waals surface area contributed by atoms with Gasteiger partial charge < -0.3 is 40.3 Å². The summed E-state index contributed by atoms with van der Waals surface area (Å²) in [4.78, 5) is 13.1. The number of ether oxygens (including phenoxy) is 2. The Bertz CT molecular complexity index is 1620. The molecule has 0 aromatic heterocycles. The third-order valence-electron chi connectivity index (χ3n) is 16.9. The molecule has 1 amide bonds. The first kappa shape index (κ1) is 80.4. The van der Waals surface area contributed by atoms with E-state index in [9.17, 15) is 30.3 Å². The zero-order valence-corrected chi connectivity index (χ0v) is 55.4. The number of allylic oxidation sites excluding steroid dienone is 13. The molecular weight excluding hydrogens is 1050 g/mol. The lowest BCUT2D eigenvalue weighted by Crippen LogP contribution is -2.60. The maximum Gasteiger partial charge on any atom is 0.220 e. The third kappa shape index (κ3) is 53.0. The molecule has 9 nitrogen and oxygen atoms in total. The van der Waals surface area contributed by atoms with Crippen molar-refractivity contribution >= 4 is 5.91 Å². The fourth-order valence-electron chi connectivity index (χ4n) is 11.3. The molecule has 0 aromatic carbocycles. The van der Waals surface area contributed by atoms with Gasteiger partial charge in [0.2, 0.25) is 5.91 Å². The van der Waals surface area contributed by atoms with Crippen molar-refractivity contribution in [1.29, 1.82) is 0 Å². The van der Waals surface area contributed by atoms with Gasteiger partial charge in [-0.05, 0) is 83.5 Å². The average molecular weight is 1190 g/mol. The van der Waals surface area contributed by atoms with Crippen LogP contribution in [-0.2, 0) is 14.3 Å². The van der Waals surface area contributed by atoms with Crippen LogP contribution in [0.5, 0.6) is 0 Å². The minimum absolute atomic E-state index is 0.189. The first-order chi connectivity index (χ1) is 41.8. The van der Waals surface area contributed by atoms with Crippen molar-refractivity contribution in [2.45, 2.75) is 378 Å². The van der Waals surface area contributed by atoms with Crippen molar-refractivity contribution in [3.63, 3.8) is 0 Å². The highest BCUT2D eigenvalue weighted by Crippen LogP contribution is 2.23. The van der Waals surface area contributed by atoms with Crippen molar-refractivity contribution in [2.24, 2.45) is 0 Å². The summed E-state index contributed by atoms with van der Waals surface area (Å²) >= 11 is 0. The van der Waals surface area contributed by atoms with Crippen LogP contribution in [0.3, 0.4) is 0 Å². The van der Waals surface area contributed by atoms with E-state index in [4.69, 9.17) is 9.47 Å². The smallest absolute Gasteiger partial charge is 0.220 e. The van der Waals surface area contributed by atoms with Gasteiger partial charge in [0.1, 0.15) is 24.4 Å². The molecule has 0 radical (unpaired) electrons. The van der Waals surface area contributed by atoms with E-state index in [2.05, 4.69) is 92.1 Å². The molecule has 1 heterocycles. The highest BCUT2D eigenvalue weighted by atomic mass is 16.7. The van der Waals surface area contributed by atoms with Gasteiger partial charge in [-0.25, -0.2) is 0 Å². The summed E-state index contributed by atoms with van der Waals surface area (Å²) in [6, 6.07) is -0.834. The van der Waals surface area contributed by atoms with Crippen LogP contribution in [0.1, 0.15) is 335 Å². The van der Waals surface area contributed by atoms with E-state index in [0.717, 1.165) is 70.6 Å². The molecule has 494 valence electrons. The molecule has 1 aliphatic rings. The Kier molecular flexibility index (Phi) is 60.9. The topological polar surface area (TPSA) is 149 Å². The Morgan fingerprint density at radius 2 is 0.741 bits per heavy atom. The SMILES string of the molecule is CC/C=C\C/C=C\C/C=C\C/C=C\CCCCCCCCCCCCCCCCCCC(=O)NC(COC1OC(CO)C(O)C(O)C1O)C(O)/C=C/CC/C=C/CC/C=C/CCCCCCCCCCCCCCCCCCCCCCCCC. The molecule has 0 bridgehead atoms. The molecule has 1 aliphatic heterocycles. The van der Waals surface area contributed by atoms with Crippen LogP contribution in [0.25, 0.3) is 0 Å². The van der Waals surface area contributed by atoms with E-state index >= 15 is 0 Å². The van der Waals surface area contributed by atoms with E-state index < -0.39 is 49.5 Å². The molecule has 7 atom stereocenters. The van der Waals surface area contributed by atoms with Crippen molar-refractivity contribution in [2.75, 3.05) is 13.2 Å². The summed E-state index contributed by atoms with van der Waals surface area (Å²) < 4.78 is 11.3. The van der Waals surface area contributed by atoms with Crippen LogP contribution in [-0.4, -0.2) is 87.5 Å². The number of hydrogen-bond donors (Lipinski definition) is 6. The number of carbonyl (C=O) groups is 1. The summed E-state index contributed by atoms with van der Waals surface area (Å²) in [7, 11) is 0. The van der Waals surface area contributed by atoms with Gasteiger partial charge >= 0.3 is 0 Å². The van der Waals surface area contributed by atoms with Gasteiger partial charge in [-0.2, -0.15) is 0 Å². The predicted octanol–water partition coefficient (Wildman–Crippen LogP) is 20.1. The van der Waals surface area contributed by atoms with Gasteiger partial charge in [-0.15, -0.1) is 0 Å². The van der Waals surface area contributed by atoms with E-state index in [1.54, 1.807) is 6.08 Å². The first-order valence-corrected chi connectivity index (χ1v) is 36.3. The maximum atomic E-state index is 13.1. The van der Waals surface area contributed by atoms with Crippen molar-refractivity contribution in [1.82, 2.24) is 5.32 Å². The summed E-state index contributed by atoms with van der Waals surface area (Å²) in [5, 5.41) is 54.8. The summed E-state index contributed by atoms with van der Waals surface area (Å²) in [6.45, 7) is 3.68. The second-order valence-electron chi connectivity index (χ2n) is 25.0. The predicted molar refractivity (Wildman–Crippen MR) is 364 cm³/mol. The van der Waals surface area contributed by atoms with E-state index in [-0.39, 0.29) is 12.5 Å². The lowest BCUT2D eigenvalue weighted by atomic mass is 9.99. The summed E-state index contributed by atoms with van der Waals surface area (Å²) in [5.74, 6) is -0.189. The summed E-state index contributed by atoms with van der Waals surface area (Å²) in [6.07, 6.45) is 85.6. The highest BCUT2D eigenvalue weighted by molar-refractivity contribution is 5.76. The fourth-order valence-corrected chi connectivity index (χ4v) is 11.3. The van der Waals surface area contributed by atoms with Crippen molar-refractivity contribution in [3.05, 3.63) is 85.1 Å². The van der Waals surface area contributed by atoms with Crippen LogP contribution in [0.4, 0.5) is 0 Å². The molecule has 85 heavy (non-hydrogen) atoms.